The van der Waals surface area contributed by atoms with Gasteiger partial charge in [0.1, 0.15) is 5.82 Å². The normalized spacial score (nSPS) is 15.3. The minimum atomic E-state index is -0.474. The summed E-state index contributed by atoms with van der Waals surface area (Å²) in [7, 11) is 0. The van der Waals surface area contributed by atoms with Crippen LogP contribution >= 0.6 is 0 Å². The van der Waals surface area contributed by atoms with E-state index in [0.29, 0.717) is 11.1 Å². The van der Waals surface area contributed by atoms with Crippen molar-refractivity contribution in [3.8, 4) is 17.2 Å². The van der Waals surface area contributed by atoms with Gasteiger partial charge < -0.3 is 0 Å². The van der Waals surface area contributed by atoms with E-state index in [2.05, 4.69) is 6.07 Å². The van der Waals surface area contributed by atoms with Crippen LogP contribution < -0.4 is 0 Å². The monoisotopic (exact) mass is 279 g/mol. The van der Waals surface area contributed by atoms with Crippen molar-refractivity contribution < 1.29 is 9.18 Å². The Morgan fingerprint density at radius 2 is 1.86 bits per heavy atom. The number of hydrogen-bond acceptors (Lipinski definition) is 2. The summed E-state index contributed by atoms with van der Waals surface area (Å²) < 4.78 is 14.3. The van der Waals surface area contributed by atoms with Gasteiger partial charge in [0, 0.05) is 11.1 Å². The first-order valence-corrected chi connectivity index (χ1v) is 6.88. The first-order valence-electron chi connectivity index (χ1n) is 6.88. The molecule has 0 N–H and O–H groups in total. The molecule has 2 nitrogen and oxygen atoms in total. The fourth-order valence-corrected chi connectivity index (χ4v) is 2.52. The maximum Gasteiger partial charge on any atom is 0.159 e. The van der Waals surface area contributed by atoms with Crippen molar-refractivity contribution >= 4 is 5.78 Å². The van der Waals surface area contributed by atoms with Gasteiger partial charge in [-0.15, -0.1) is 0 Å². The fourth-order valence-electron chi connectivity index (χ4n) is 2.52. The zero-order valence-corrected chi connectivity index (χ0v) is 11.7. The molecule has 1 aliphatic carbocycles. The smallest absolute Gasteiger partial charge is 0.159 e. The SMILES string of the molecule is CC(=O)c1ccc(-c2ccc(C3(C#N)CC3)cc2F)cc1. The third kappa shape index (κ3) is 2.34. The van der Waals surface area contributed by atoms with Crippen LogP contribution in [0, 0.1) is 17.1 Å². The van der Waals surface area contributed by atoms with E-state index >= 15 is 0 Å². The molecule has 0 aliphatic heterocycles. The van der Waals surface area contributed by atoms with E-state index in [0.717, 1.165) is 24.0 Å². The summed E-state index contributed by atoms with van der Waals surface area (Å²) in [5.74, 6) is -0.341. The van der Waals surface area contributed by atoms with Crippen LogP contribution in [0.4, 0.5) is 4.39 Å². The van der Waals surface area contributed by atoms with E-state index in [4.69, 9.17) is 5.26 Å². The van der Waals surface area contributed by atoms with Gasteiger partial charge >= 0.3 is 0 Å². The standard InChI is InChI=1S/C18H14FNO/c1-12(21)13-2-4-14(5-3-13)16-7-6-15(10-17(16)19)18(11-20)8-9-18/h2-7,10H,8-9H2,1H3. The molecule has 0 spiro atoms. The predicted octanol–water partition coefficient (Wildman–Crippen LogP) is 4.25. The first-order chi connectivity index (χ1) is 10.1. The zero-order chi connectivity index (χ0) is 15.0. The van der Waals surface area contributed by atoms with Crippen molar-refractivity contribution in [3.63, 3.8) is 0 Å². The van der Waals surface area contributed by atoms with E-state index in [1.165, 1.54) is 13.0 Å². The van der Waals surface area contributed by atoms with E-state index in [-0.39, 0.29) is 11.6 Å². The van der Waals surface area contributed by atoms with Crippen LogP contribution in [-0.4, -0.2) is 5.78 Å². The molecular weight excluding hydrogens is 265 g/mol. The number of ketones is 1. The molecule has 0 bridgehead atoms. The van der Waals surface area contributed by atoms with Crippen molar-refractivity contribution in [1.29, 1.82) is 5.26 Å². The lowest BCUT2D eigenvalue weighted by molar-refractivity contribution is 0.101. The van der Waals surface area contributed by atoms with Crippen LogP contribution in [0.3, 0.4) is 0 Å². The Balaban J connectivity index is 1.96. The number of benzene rings is 2. The van der Waals surface area contributed by atoms with Gasteiger partial charge in [-0.3, -0.25) is 4.79 Å². The van der Waals surface area contributed by atoms with Crippen LogP contribution in [0.15, 0.2) is 42.5 Å². The molecule has 0 atom stereocenters. The predicted molar refractivity (Wildman–Crippen MR) is 78.4 cm³/mol. The summed E-state index contributed by atoms with van der Waals surface area (Å²) in [4.78, 5) is 11.3. The number of rotatable bonds is 3. The third-order valence-corrected chi connectivity index (χ3v) is 4.09. The molecule has 0 saturated heterocycles. The van der Waals surface area contributed by atoms with E-state index < -0.39 is 5.41 Å². The Morgan fingerprint density at radius 3 is 2.33 bits per heavy atom. The molecule has 1 saturated carbocycles. The second kappa shape index (κ2) is 4.82. The minimum Gasteiger partial charge on any atom is -0.295 e. The molecule has 0 amide bonds. The second-order valence-corrected chi connectivity index (χ2v) is 5.52. The summed E-state index contributed by atoms with van der Waals surface area (Å²) in [5.41, 5.74) is 2.11. The number of halogens is 1. The van der Waals surface area contributed by atoms with E-state index in [1.54, 1.807) is 30.3 Å². The Morgan fingerprint density at radius 1 is 1.19 bits per heavy atom. The van der Waals surface area contributed by atoms with Crippen molar-refractivity contribution in [2.45, 2.75) is 25.2 Å². The number of nitrogens with zero attached hydrogens (tertiary/aromatic N) is 1. The van der Waals surface area contributed by atoms with E-state index in [9.17, 15) is 9.18 Å². The molecule has 0 unspecified atom stereocenters. The largest absolute Gasteiger partial charge is 0.295 e. The van der Waals surface area contributed by atoms with Crippen LogP contribution in [0.1, 0.15) is 35.7 Å². The molecular formula is C18H14FNO. The highest BCUT2D eigenvalue weighted by Gasteiger charge is 2.45. The van der Waals surface area contributed by atoms with Crippen LogP contribution in [0.25, 0.3) is 11.1 Å². The van der Waals surface area contributed by atoms with Crippen LogP contribution in [0.5, 0.6) is 0 Å². The molecule has 1 aliphatic rings. The quantitative estimate of drug-likeness (QED) is 0.788. The molecule has 21 heavy (non-hydrogen) atoms. The molecule has 2 aromatic carbocycles. The average Bonchev–Trinajstić information content (AvgIpc) is 3.28. The molecule has 0 heterocycles. The molecule has 0 aromatic heterocycles. The number of carbonyl (C=O) groups is 1. The number of hydrogen-bond donors (Lipinski definition) is 0. The summed E-state index contributed by atoms with van der Waals surface area (Å²) in [6.07, 6.45) is 1.60. The molecule has 2 aromatic rings. The van der Waals surface area contributed by atoms with Gasteiger partial charge in [0.2, 0.25) is 0 Å². The average molecular weight is 279 g/mol. The van der Waals surface area contributed by atoms with Crippen molar-refractivity contribution in [2.75, 3.05) is 0 Å². The third-order valence-electron chi connectivity index (χ3n) is 4.09. The fraction of sp³-hybridized carbons (Fsp3) is 0.222. The molecule has 3 rings (SSSR count). The van der Waals surface area contributed by atoms with E-state index in [1.807, 2.05) is 6.07 Å². The molecule has 0 radical (unpaired) electrons. The number of carbonyl (C=O) groups excluding carboxylic acids is 1. The van der Waals surface area contributed by atoms with Gasteiger partial charge in [0.15, 0.2) is 5.78 Å². The van der Waals surface area contributed by atoms with Gasteiger partial charge in [-0.25, -0.2) is 4.39 Å². The van der Waals surface area contributed by atoms with Gasteiger partial charge in [0.25, 0.3) is 0 Å². The van der Waals surface area contributed by atoms with Crippen LogP contribution in [-0.2, 0) is 5.41 Å². The zero-order valence-electron chi connectivity index (χ0n) is 11.7. The lowest BCUT2D eigenvalue weighted by Gasteiger charge is -2.10. The maximum atomic E-state index is 14.3. The lowest BCUT2D eigenvalue weighted by atomic mass is 9.94. The second-order valence-electron chi connectivity index (χ2n) is 5.52. The molecule has 3 heteroatoms. The highest BCUT2D eigenvalue weighted by molar-refractivity contribution is 5.94. The number of nitriles is 1. The highest BCUT2D eigenvalue weighted by Crippen LogP contribution is 2.48. The summed E-state index contributed by atoms with van der Waals surface area (Å²) in [6, 6.07) is 14.2. The number of Topliss-reactive ketones (excluding diaryl/α,β-unsaturated/α-hetero) is 1. The first kappa shape index (κ1) is 13.5. The minimum absolute atomic E-state index is 0.0120. The summed E-state index contributed by atoms with van der Waals surface area (Å²) >= 11 is 0. The van der Waals surface area contributed by atoms with Crippen molar-refractivity contribution in [2.24, 2.45) is 0 Å². The van der Waals surface area contributed by atoms with Crippen LogP contribution in [0.2, 0.25) is 0 Å². The van der Waals surface area contributed by atoms with Crippen molar-refractivity contribution in [3.05, 3.63) is 59.4 Å². The van der Waals surface area contributed by atoms with Crippen molar-refractivity contribution in [1.82, 2.24) is 0 Å². The summed E-state index contributed by atoms with van der Waals surface area (Å²) in [6.45, 7) is 1.50. The highest BCUT2D eigenvalue weighted by atomic mass is 19.1. The topological polar surface area (TPSA) is 40.9 Å². The maximum absolute atomic E-state index is 14.3. The van der Waals surface area contributed by atoms with Gasteiger partial charge in [-0.2, -0.15) is 5.26 Å². The molecule has 104 valence electrons. The summed E-state index contributed by atoms with van der Waals surface area (Å²) in [5, 5.41) is 9.17. The Kier molecular flexibility index (Phi) is 3.10. The van der Waals surface area contributed by atoms with Gasteiger partial charge in [0.05, 0.1) is 11.5 Å². The molecule has 1 fully saturated rings. The lowest BCUT2D eigenvalue weighted by Crippen LogP contribution is -2.03. The Labute approximate surface area is 122 Å². The Bertz CT molecular complexity index is 752. The Hall–Kier alpha value is -2.47. The van der Waals surface area contributed by atoms with Gasteiger partial charge in [-0.1, -0.05) is 36.4 Å². The van der Waals surface area contributed by atoms with Gasteiger partial charge in [-0.05, 0) is 37.0 Å².